The van der Waals surface area contributed by atoms with Crippen molar-refractivity contribution in [2.24, 2.45) is 0 Å². The Kier molecular flexibility index (Phi) is 22.6. The Bertz CT molecular complexity index is 1030. The predicted molar refractivity (Wildman–Crippen MR) is 172 cm³/mol. The van der Waals surface area contributed by atoms with Gasteiger partial charge in [0.05, 0.1) is 4.90 Å². The second-order valence-corrected chi connectivity index (χ2v) is 13.5. The van der Waals surface area contributed by atoms with Crippen LogP contribution in [0, 0.1) is 0 Å². The number of benzene rings is 2. The molecule has 0 amide bonds. The Hall–Kier alpha value is -0.390. The molecule has 0 fully saturated rings. The second-order valence-electron chi connectivity index (χ2n) is 12.1. The Balaban J connectivity index is 0.00000840. The van der Waals surface area contributed by atoms with Crippen molar-refractivity contribution in [3.63, 3.8) is 0 Å². The van der Waals surface area contributed by atoms with Crippen molar-refractivity contribution in [1.29, 1.82) is 0 Å². The van der Waals surface area contributed by atoms with Crippen LogP contribution in [0.25, 0.3) is 10.8 Å². The first-order chi connectivity index (χ1) is 19.5. The van der Waals surface area contributed by atoms with Crippen LogP contribution < -0.4 is 29.6 Å². The van der Waals surface area contributed by atoms with Gasteiger partial charge in [-0.3, -0.25) is 0 Å². The molecule has 0 bridgehead atoms. The molecule has 0 aliphatic rings. The summed E-state index contributed by atoms with van der Waals surface area (Å²) in [4.78, 5) is -0.0653. The van der Waals surface area contributed by atoms with Gasteiger partial charge >= 0.3 is 29.6 Å². The molecule has 3 nitrogen and oxygen atoms in total. The quantitative estimate of drug-likeness (QED) is 0.0658. The van der Waals surface area contributed by atoms with E-state index in [1.165, 1.54) is 128 Å². The minimum absolute atomic E-state index is 0. The van der Waals surface area contributed by atoms with Gasteiger partial charge in [0, 0.05) is 0 Å². The molecule has 0 radical (unpaired) electrons. The molecule has 0 N–H and O–H groups in total. The molecule has 228 valence electrons. The van der Waals surface area contributed by atoms with E-state index in [1.807, 2.05) is 0 Å². The van der Waals surface area contributed by atoms with Crippen molar-refractivity contribution >= 4 is 20.9 Å². The summed E-state index contributed by atoms with van der Waals surface area (Å²) in [5.41, 5.74) is 2.20. The molecule has 0 aliphatic carbocycles. The van der Waals surface area contributed by atoms with E-state index in [2.05, 4.69) is 32.0 Å². The topological polar surface area (TPSA) is 57.2 Å². The zero-order valence-electron chi connectivity index (χ0n) is 27.0. The zero-order chi connectivity index (χ0) is 28.9. The van der Waals surface area contributed by atoms with Crippen molar-refractivity contribution in [2.75, 3.05) is 0 Å². The normalized spacial score (nSPS) is 11.7. The van der Waals surface area contributed by atoms with E-state index in [-0.39, 0.29) is 34.5 Å². The SMILES string of the molecule is CCCCCCCCCCCCCc1cc(S(=O)(=O)[O-])cc2c(CCCCCCCCCCCCC)cccc12.[Na+]. The van der Waals surface area contributed by atoms with Crippen LogP contribution in [0.2, 0.25) is 0 Å². The van der Waals surface area contributed by atoms with Crippen molar-refractivity contribution in [1.82, 2.24) is 0 Å². The average molecular weight is 595 g/mol. The van der Waals surface area contributed by atoms with Crippen molar-refractivity contribution in [2.45, 2.75) is 173 Å². The number of unbranched alkanes of at least 4 members (excludes halogenated alkanes) is 20. The van der Waals surface area contributed by atoms with Gasteiger partial charge in [0.15, 0.2) is 0 Å². The van der Waals surface area contributed by atoms with Gasteiger partial charge in [-0.1, -0.05) is 160 Å². The monoisotopic (exact) mass is 594 g/mol. The Morgan fingerprint density at radius 2 is 0.902 bits per heavy atom. The summed E-state index contributed by atoms with van der Waals surface area (Å²) in [6, 6.07) is 9.61. The molecule has 41 heavy (non-hydrogen) atoms. The van der Waals surface area contributed by atoms with Gasteiger partial charge in [0.1, 0.15) is 10.1 Å². The molecule has 5 heteroatoms. The van der Waals surface area contributed by atoms with E-state index in [1.54, 1.807) is 12.1 Å². The third-order valence-corrected chi connectivity index (χ3v) is 9.35. The molecule has 2 rings (SSSR count). The van der Waals surface area contributed by atoms with Gasteiger partial charge in [-0.15, -0.1) is 0 Å². The zero-order valence-corrected chi connectivity index (χ0v) is 29.8. The summed E-state index contributed by atoms with van der Waals surface area (Å²) in [6.45, 7) is 4.53. The molecule has 0 atom stereocenters. The first kappa shape index (κ1) is 38.6. The van der Waals surface area contributed by atoms with Gasteiger partial charge in [-0.2, -0.15) is 0 Å². The summed E-state index contributed by atoms with van der Waals surface area (Å²) < 4.78 is 36.0. The van der Waals surface area contributed by atoms with E-state index < -0.39 is 10.1 Å². The number of hydrogen-bond donors (Lipinski definition) is 0. The average Bonchev–Trinajstić information content (AvgIpc) is 2.94. The fourth-order valence-electron chi connectivity index (χ4n) is 6.03. The van der Waals surface area contributed by atoms with Crippen LogP contribution in [-0.2, 0) is 23.0 Å². The van der Waals surface area contributed by atoms with E-state index in [0.717, 1.165) is 48.4 Å². The molecule has 0 aromatic heterocycles. The fourth-order valence-corrected chi connectivity index (χ4v) is 6.57. The third kappa shape index (κ3) is 16.9. The predicted octanol–water partition coefficient (Wildman–Crippen LogP) is 8.45. The van der Waals surface area contributed by atoms with Crippen molar-refractivity contribution in [3.05, 3.63) is 41.5 Å². The van der Waals surface area contributed by atoms with Gasteiger partial charge in [0.2, 0.25) is 0 Å². The third-order valence-electron chi connectivity index (χ3n) is 8.53. The molecule has 2 aromatic carbocycles. The number of fused-ring (bicyclic) bond motifs is 1. The van der Waals surface area contributed by atoms with Crippen LogP contribution in [0.15, 0.2) is 35.2 Å². The maximum Gasteiger partial charge on any atom is 1.00 e. The second kappa shape index (κ2) is 24.0. The van der Waals surface area contributed by atoms with Crippen molar-refractivity contribution in [3.8, 4) is 0 Å². The number of hydrogen-bond acceptors (Lipinski definition) is 3. The Labute approximate surface area is 276 Å². The van der Waals surface area contributed by atoms with Crippen LogP contribution in [0.1, 0.15) is 166 Å². The maximum atomic E-state index is 12.0. The van der Waals surface area contributed by atoms with E-state index in [0.29, 0.717) is 0 Å². The first-order valence-electron chi connectivity index (χ1n) is 17.0. The van der Waals surface area contributed by atoms with E-state index >= 15 is 0 Å². The van der Waals surface area contributed by atoms with Gasteiger partial charge < -0.3 is 4.55 Å². The van der Waals surface area contributed by atoms with E-state index in [9.17, 15) is 13.0 Å². The van der Waals surface area contributed by atoms with Crippen molar-refractivity contribution < 1.29 is 42.5 Å². The van der Waals surface area contributed by atoms with Crippen LogP contribution in [0.3, 0.4) is 0 Å². The molecule has 0 saturated heterocycles. The standard InChI is InChI=1S/C36H60O3S.Na/c1-3-5-7-9-11-13-15-17-19-21-23-26-32-28-25-29-35-33(30-34(31-36(32)35)40(37,38)39)27-24-22-20-18-16-14-12-10-8-6-4-2;/h25,28-31H,3-24,26-27H2,1-2H3,(H,37,38,39);/q;+1/p-1. The minimum Gasteiger partial charge on any atom is -0.744 e. The molecular weight excluding hydrogens is 535 g/mol. The van der Waals surface area contributed by atoms with Crippen LogP contribution >= 0.6 is 0 Å². The molecule has 0 spiro atoms. The molecule has 0 unspecified atom stereocenters. The minimum atomic E-state index is -4.48. The molecule has 0 heterocycles. The molecule has 2 aromatic rings. The van der Waals surface area contributed by atoms with Gasteiger partial charge in [-0.05, 0) is 59.7 Å². The van der Waals surface area contributed by atoms with Crippen LogP contribution in [-0.4, -0.2) is 13.0 Å². The summed E-state index contributed by atoms with van der Waals surface area (Å²) in [6.07, 6.45) is 30.4. The molecular formula is C36H59NaO3S. The van der Waals surface area contributed by atoms with Crippen LogP contribution in [0.5, 0.6) is 0 Å². The maximum absolute atomic E-state index is 12.0. The Morgan fingerprint density at radius 3 is 1.32 bits per heavy atom. The van der Waals surface area contributed by atoms with Crippen LogP contribution in [0.4, 0.5) is 0 Å². The summed E-state index contributed by atoms with van der Waals surface area (Å²) in [5, 5.41) is 2.09. The fraction of sp³-hybridized carbons (Fsp3) is 0.722. The molecule has 0 aliphatic heterocycles. The summed E-state index contributed by atoms with van der Waals surface area (Å²) in [7, 11) is -4.48. The molecule has 0 saturated carbocycles. The summed E-state index contributed by atoms with van der Waals surface area (Å²) >= 11 is 0. The van der Waals surface area contributed by atoms with Gasteiger partial charge in [0.25, 0.3) is 0 Å². The number of aryl methyl sites for hydroxylation is 2. The first-order valence-corrected chi connectivity index (χ1v) is 18.4. The van der Waals surface area contributed by atoms with E-state index in [4.69, 9.17) is 0 Å². The Morgan fingerprint density at radius 1 is 0.512 bits per heavy atom. The smallest absolute Gasteiger partial charge is 0.744 e. The number of rotatable bonds is 25. The largest absolute Gasteiger partial charge is 1.00 e. The van der Waals surface area contributed by atoms with Gasteiger partial charge in [-0.25, -0.2) is 8.42 Å². The summed E-state index contributed by atoms with van der Waals surface area (Å²) in [5.74, 6) is 0.